The monoisotopic (exact) mass is 387 g/mol. The third-order valence-corrected chi connectivity index (χ3v) is 6.40. The molecule has 1 aromatic carbocycles. The van der Waals surface area contributed by atoms with Crippen molar-refractivity contribution < 1.29 is 14.6 Å². The van der Waals surface area contributed by atoms with E-state index in [1.807, 2.05) is 4.90 Å². The predicted molar refractivity (Wildman–Crippen MR) is 109 cm³/mol. The van der Waals surface area contributed by atoms with Crippen LogP contribution in [0.3, 0.4) is 0 Å². The maximum absolute atomic E-state index is 12.7. The van der Waals surface area contributed by atoms with Gasteiger partial charge in [-0.1, -0.05) is 18.2 Å². The molecule has 0 saturated carbocycles. The molecule has 6 nitrogen and oxygen atoms in total. The van der Waals surface area contributed by atoms with Crippen LogP contribution in [0.1, 0.15) is 32.1 Å². The Bertz CT molecular complexity index is 627. The topological polar surface area (TPSA) is 56.3 Å². The molecule has 154 valence electrons. The van der Waals surface area contributed by atoms with Crippen LogP contribution in [-0.2, 0) is 9.53 Å². The molecule has 0 bridgehead atoms. The largest absolute Gasteiger partial charge is 0.390 e. The van der Waals surface area contributed by atoms with Gasteiger partial charge >= 0.3 is 0 Å². The highest BCUT2D eigenvalue weighted by atomic mass is 16.5. The number of amides is 1. The van der Waals surface area contributed by atoms with E-state index in [1.54, 1.807) is 0 Å². The molecule has 1 N–H and O–H groups in total. The van der Waals surface area contributed by atoms with Gasteiger partial charge in [-0.3, -0.25) is 9.69 Å². The highest BCUT2D eigenvalue weighted by Gasteiger charge is 2.38. The van der Waals surface area contributed by atoms with Crippen molar-refractivity contribution in [2.24, 2.45) is 0 Å². The molecule has 0 aromatic heterocycles. The van der Waals surface area contributed by atoms with Crippen molar-refractivity contribution >= 4 is 11.6 Å². The van der Waals surface area contributed by atoms with Crippen LogP contribution in [-0.4, -0.2) is 84.9 Å². The standard InChI is InChI=1S/C22H33N3O3/c26-20-9-8-19(28-21(20)22(27)25-11-4-5-12-25)10-13-23-14-16-24(17-15-23)18-6-2-1-3-7-18/h1-3,6-7,19-21,26H,4-5,8-17H2. The number of para-hydroxylation sites is 1. The van der Waals surface area contributed by atoms with E-state index in [1.165, 1.54) is 5.69 Å². The molecule has 3 atom stereocenters. The summed E-state index contributed by atoms with van der Waals surface area (Å²) in [5, 5.41) is 10.3. The second-order valence-corrected chi connectivity index (χ2v) is 8.31. The van der Waals surface area contributed by atoms with Gasteiger partial charge in [0.15, 0.2) is 6.10 Å². The molecule has 4 rings (SSSR count). The van der Waals surface area contributed by atoms with Crippen LogP contribution in [0.15, 0.2) is 30.3 Å². The highest BCUT2D eigenvalue weighted by Crippen LogP contribution is 2.25. The van der Waals surface area contributed by atoms with Gasteiger partial charge in [-0.15, -0.1) is 0 Å². The van der Waals surface area contributed by atoms with Crippen LogP contribution in [0.25, 0.3) is 0 Å². The Kier molecular flexibility index (Phi) is 6.50. The van der Waals surface area contributed by atoms with Crippen LogP contribution in [0.2, 0.25) is 0 Å². The molecular weight excluding hydrogens is 354 g/mol. The minimum absolute atomic E-state index is 0.00817. The number of anilines is 1. The Hall–Kier alpha value is -1.63. The van der Waals surface area contributed by atoms with Gasteiger partial charge in [0.2, 0.25) is 0 Å². The van der Waals surface area contributed by atoms with Crippen molar-refractivity contribution in [1.82, 2.24) is 9.80 Å². The molecule has 28 heavy (non-hydrogen) atoms. The number of ether oxygens (including phenoxy) is 1. The molecule has 3 aliphatic rings. The molecule has 1 aromatic rings. The summed E-state index contributed by atoms with van der Waals surface area (Å²) in [4.78, 5) is 19.4. The minimum Gasteiger partial charge on any atom is -0.390 e. The molecule has 3 heterocycles. The molecule has 3 fully saturated rings. The second-order valence-electron chi connectivity index (χ2n) is 8.31. The maximum atomic E-state index is 12.7. The van der Waals surface area contributed by atoms with Crippen molar-refractivity contribution in [1.29, 1.82) is 0 Å². The van der Waals surface area contributed by atoms with E-state index < -0.39 is 12.2 Å². The number of aliphatic hydroxyl groups excluding tert-OH is 1. The fraction of sp³-hybridized carbons (Fsp3) is 0.682. The van der Waals surface area contributed by atoms with E-state index in [0.717, 1.165) is 71.5 Å². The van der Waals surface area contributed by atoms with Gasteiger partial charge in [0.05, 0.1) is 12.2 Å². The summed E-state index contributed by atoms with van der Waals surface area (Å²) in [7, 11) is 0. The number of rotatable bonds is 5. The molecule has 3 saturated heterocycles. The third-order valence-electron chi connectivity index (χ3n) is 6.40. The summed E-state index contributed by atoms with van der Waals surface area (Å²) in [5.41, 5.74) is 1.30. The van der Waals surface area contributed by atoms with Crippen molar-refractivity contribution in [2.75, 3.05) is 50.7 Å². The highest BCUT2D eigenvalue weighted by molar-refractivity contribution is 5.82. The van der Waals surface area contributed by atoms with Crippen LogP contribution in [0.5, 0.6) is 0 Å². The van der Waals surface area contributed by atoms with Gasteiger partial charge < -0.3 is 19.6 Å². The molecule has 0 spiro atoms. The van der Waals surface area contributed by atoms with Gasteiger partial charge in [-0.25, -0.2) is 0 Å². The Morgan fingerprint density at radius 1 is 1.00 bits per heavy atom. The Morgan fingerprint density at radius 2 is 1.71 bits per heavy atom. The molecule has 6 heteroatoms. The fourth-order valence-electron chi connectivity index (χ4n) is 4.62. The Labute approximate surface area is 168 Å². The quantitative estimate of drug-likeness (QED) is 0.834. The van der Waals surface area contributed by atoms with Gasteiger partial charge in [-0.05, 0) is 44.2 Å². The number of aliphatic hydroxyl groups is 1. The predicted octanol–water partition coefficient (Wildman–Crippen LogP) is 1.73. The summed E-state index contributed by atoms with van der Waals surface area (Å²) in [6, 6.07) is 10.6. The summed E-state index contributed by atoms with van der Waals surface area (Å²) in [6.07, 6.45) is 3.32. The normalized spacial score (nSPS) is 29.2. The van der Waals surface area contributed by atoms with E-state index >= 15 is 0 Å². The SMILES string of the molecule is O=C(C1OC(CCN2CCN(c3ccccc3)CC2)CCC1O)N1CCCC1. The van der Waals surface area contributed by atoms with Gasteiger partial charge in [0, 0.05) is 51.5 Å². The maximum Gasteiger partial charge on any atom is 0.254 e. The number of nitrogens with zero attached hydrogens (tertiary/aromatic N) is 3. The zero-order chi connectivity index (χ0) is 19.3. The van der Waals surface area contributed by atoms with Gasteiger partial charge in [-0.2, -0.15) is 0 Å². The molecule has 0 radical (unpaired) electrons. The Balaban J connectivity index is 1.22. The van der Waals surface area contributed by atoms with E-state index in [0.29, 0.717) is 6.42 Å². The van der Waals surface area contributed by atoms with Gasteiger partial charge in [0.25, 0.3) is 5.91 Å². The number of hydrogen-bond donors (Lipinski definition) is 1. The number of benzene rings is 1. The lowest BCUT2D eigenvalue weighted by atomic mass is 9.98. The number of piperazine rings is 1. The summed E-state index contributed by atoms with van der Waals surface area (Å²) < 4.78 is 6.08. The van der Waals surface area contributed by atoms with Crippen LogP contribution in [0, 0.1) is 0 Å². The lowest BCUT2D eigenvalue weighted by Gasteiger charge is -2.38. The van der Waals surface area contributed by atoms with Crippen LogP contribution in [0.4, 0.5) is 5.69 Å². The van der Waals surface area contributed by atoms with E-state index in [2.05, 4.69) is 40.1 Å². The first kappa shape index (κ1) is 19.7. The molecule has 0 aliphatic carbocycles. The van der Waals surface area contributed by atoms with Crippen LogP contribution >= 0.6 is 0 Å². The van der Waals surface area contributed by atoms with Crippen molar-refractivity contribution in [3.8, 4) is 0 Å². The van der Waals surface area contributed by atoms with Crippen molar-refractivity contribution in [3.05, 3.63) is 30.3 Å². The first-order valence-corrected chi connectivity index (χ1v) is 10.9. The van der Waals surface area contributed by atoms with Crippen molar-refractivity contribution in [3.63, 3.8) is 0 Å². The first-order chi connectivity index (χ1) is 13.7. The lowest BCUT2D eigenvalue weighted by molar-refractivity contribution is -0.167. The third kappa shape index (κ3) is 4.67. The summed E-state index contributed by atoms with van der Waals surface area (Å²) in [6.45, 7) is 6.81. The summed E-state index contributed by atoms with van der Waals surface area (Å²) >= 11 is 0. The first-order valence-electron chi connectivity index (χ1n) is 10.9. The number of hydrogen-bond acceptors (Lipinski definition) is 5. The number of carbonyl (C=O) groups is 1. The minimum atomic E-state index is -0.660. The summed E-state index contributed by atoms with van der Waals surface area (Å²) in [5.74, 6) is -0.00817. The lowest BCUT2D eigenvalue weighted by Crippen LogP contribution is -2.51. The number of carbonyl (C=O) groups excluding carboxylic acids is 1. The number of likely N-dealkylation sites (tertiary alicyclic amines) is 1. The fourth-order valence-corrected chi connectivity index (χ4v) is 4.62. The van der Waals surface area contributed by atoms with Gasteiger partial charge in [0.1, 0.15) is 0 Å². The second kappa shape index (κ2) is 9.25. The molecule has 3 aliphatic heterocycles. The molecule has 1 amide bonds. The Morgan fingerprint density at radius 3 is 2.43 bits per heavy atom. The van der Waals surface area contributed by atoms with Crippen molar-refractivity contribution in [2.45, 2.75) is 50.4 Å². The average molecular weight is 388 g/mol. The average Bonchev–Trinajstić information content (AvgIpc) is 3.29. The zero-order valence-electron chi connectivity index (χ0n) is 16.7. The zero-order valence-corrected chi connectivity index (χ0v) is 16.7. The van der Waals surface area contributed by atoms with E-state index in [-0.39, 0.29) is 12.0 Å². The van der Waals surface area contributed by atoms with E-state index in [9.17, 15) is 9.90 Å². The van der Waals surface area contributed by atoms with Crippen LogP contribution < -0.4 is 4.90 Å². The van der Waals surface area contributed by atoms with E-state index in [4.69, 9.17) is 4.74 Å². The molecule has 3 unspecified atom stereocenters. The smallest absolute Gasteiger partial charge is 0.254 e. The molecular formula is C22H33N3O3.